The molecule has 0 bridgehead atoms. The largest absolute Gasteiger partial charge is 0.497 e. The van der Waals surface area contributed by atoms with Crippen molar-refractivity contribution in [2.24, 2.45) is 0 Å². The molecular formula is C12H14N2O2. The van der Waals surface area contributed by atoms with Crippen LogP contribution < -0.4 is 10.1 Å². The van der Waals surface area contributed by atoms with E-state index < -0.39 is 6.23 Å². The highest BCUT2D eigenvalue weighted by Gasteiger charge is 2.21. The van der Waals surface area contributed by atoms with Gasteiger partial charge in [-0.1, -0.05) is 0 Å². The summed E-state index contributed by atoms with van der Waals surface area (Å²) in [6.07, 6.45) is 0.349. The molecule has 4 nitrogen and oxygen atoms in total. The maximum absolute atomic E-state index is 9.82. The Bertz CT molecular complexity index is 533. The zero-order chi connectivity index (χ0) is 11.1. The van der Waals surface area contributed by atoms with E-state index >= 15 is 0 Å². The number of nitrogens with one attached hydrogen (secondary N) is 2. The van der Waals surface area contributed by atoms with Crippen LogP contribution in [0, 0.1) is 0 Å². The molecule has 0 radical (unpaired) electrons. The lowest BCUT2D eigenvalue weighted by atomic mass is 10.0. The van der Waals surface area contributed by atoms with E-state index in [2.05, 4.69) is 10.3 Å². The van der Waals surface area contributed by atoms with Gasteiger partial charge in [0.1, 0.15) is 12.0 Å². The first-order valence-corrected chi connectivity index (χ1v) is 5.39. The molecule has 16 heavy (non-hydrogen) atoms. The summed E-state index contributed by atoms with van der Waals surface area (Å²) in [5, 5.41) is 14.0. The van der Waals surface area contributed by atoms with Crippen molar-refractivity contribution in [2.75, 3.05) is 13.7 Å². The van der Waals surface area contributed by atoms with Gasteiger partial charge >= 0.3 is 0 Å². The average Bonchev–Trinajstić information content (AvgIpc) is 2.68. The van der Waals surface area contributed by atoms with Gasteiger partial charge in [-0.25, -0.2) is 0 Å². The number of benzene rings is 1. The van der Waals surface area contributed by atoms with Crippen molar-refractivity contribution < 1.29 is 9.84 Å². The molecule has 2 heterocycles. The molecule has 0 amide bonds. The fourth-order valence-corrected chi connectivity index (χ4v) is 2.31. The first kappa shape index (κ1) is 9.69. The summed E-state index contributed by atoms with van der Waals surface area (Å²) in [7, 11) is 1.66. The summed E-state index contributed by atoms with van der Waals surface area (Å²) in [6, 6.07) is 5.92. The monoisotopic (exact) mass is 218 g/mol. The molecule has 1 aromatic heterocycles. The van der Waals surface area contributed by atoms with Crippen LogP contribution in [0.4, 0.5) is 0 Å². The number of aromatic amines is 1. The minimum absolute atomic E-state index is 0.581. The van der Waals surface area contributed by atoms with Crippen molar-refractivity contribution in [3.05, 3.63) is 29.5 Å². The highest BCUT2D eigenvalue weighted by Crippen LogP contribution is 2.31. The van der Waals surface area contributed by atoms with Gasteiger partial charge in [0.15, 0.2) is 0 Å². The van der Waals surface area contributed by atoms with Gasteiger partial charge in [0.25, 0.3) is 0 Å². The number of aromatic nitrogens is 1. The van der Waals surface area contributed by atoms with Gasteiger partial charge in [0.2, 0.25) is 0 Å². The topological polar surface area (TPSA) is 57.3 Å². The van der Waals surface area contributed by atoms with Crippen molar-refractivity contribution in [1.29, 1.82) is 0 Å². The van der Waals surface area contributed by atoms with Gasteiger partial charge in [-0.2, -0.15) is 0 Å². The summed E-state index contributed by atoms with van der Waals surface area (Å²) in [4.78, 5) is 3.25. The molecule has 0 aliphatic carbocycles. The molecule has 1 aromatic carbocycles. The third kappa shape index (κ3) is 1.31. The lowest BCUT2D eigenvalue weighted by Gasteiger charge is -2.19. The number of fused-ring (bicyclic) bond motifs is 3. The van der Waals surface area contributed by atoms with Crippen LogP contribution in [0.2, 0.25) is 0 Å². The quantitative estimate of drug-likeness (QED) is 0.676. The second-order valence-corrected chi connectivity index (χ2v) is 4.04. The van der Waals surface area contributed by atoms with Gasteiger partial charge in [0.05, 0.1) is 12.8 Å². The minimum Gasteiger partial charge on any atom is -0.497 e. The van der Waals surface area contributed by atoms with E-state index in [0.29, 0.717) is 0 Å². The van der Waals surface area contributed by atoms with E-state index in [9.17, 15) is 5.11 Å². The molecule has 3 rings (SSSR count). The highest BCUT2D eigenvalue weighted by atomic mass is 16.5. The number of ether oxygens (including phenoxy) is 1. The molecule has 84 valence electrons. The Hall–Kier alpha value is -1.52. The van der Waals surface area contributed by atoms with Gasteiger partial charge in [0, 0.05) is 17.4 Å². The van der Waals surface area contributed by atoms with Gasteiger partial charge in [-0.15, -0.1) is 0 Å². The van der Waals surface area contributed by atoms with E-state index in [1.165, 1.54) is 5.56 Å². The lowest BCUT2D eigenvalue weighted by molar-refractivity contribution is 0.128. The Kier molecular flexibility index (Phi) is 2.12. The molecule has 1 aliphatic heterocycles. The molecule has 0 spiro atoms. The SMILES string of the molecule is COc1ccc2[nH]c3c(c2c1)CCNC3O. The standard InChI is InChI=1S/C12H14N2O2/c1-16-7-2-3-10-9(6-7)8-4-5-13-12(15)11(8)14-10/h2-3,6,12-15H,4-5H2,1H3. The summed E-state index contributed by atoms with van der Waals surface area (Å²) in [5.41, 5.74) is 3.13. The Labute approximate surface area is 93.2 Å². The van der Waals surface area contributed by atoms with E-state index in [4.69, 9.17) is 4.74 Å². The van der Waals surface area contributed by atoms with E-state index in [1.807, 2.05) is 18.2 Å². The molecule has 0 saturated heterocycles. The Morgan fingerprint density at radius 2 is 2.31 bits per heavy atom. The van der Waals surface area contributed by atoms with Crippen LogP contribution in [0.1, 0.15) is 17.5 Å². The molecule has 1 atom stereocenters. The molecule has 0 saturated carbocycles. The van der Waals surface area contributed by atoms with Crippen molar-refractivity contribution in [3.8, 4) is 5.75 Å². The summed E-state index contributed by atoms with van der Waals surface area (Å²) < 4.78 is 5.22. The Morgan fingerprint density at radius 3 is 3.12 bits per heavy atom. The second kappa shape index (κ2) is 3.50. The fraction of sp³-hybridized carbons (Fsp3) is 0.333. The summed E-state index contributed by atoms with van der Waals surface area (Å²) in [6.45, 7) is 0.804. The van der Waals surface area contributed by atoms with Crippen molar-refractivity contribution in [1.82, 2.24) is 10.3 Å². The van der Waals surface area contributed by atoms with Crippen molar-refractivity contribution in [2.45, 2.75) is 12.6 Å². The molecule has 0 fully saturated rings. The van der Waals surface area contributed by atoms with Crippen LogP contribution in [0.5, 0.6) is 5.75 Å². The van der Waals surface area contributed by atoms with Gasteiger partial charge < -0.3 is 14.8 Å². The van der Waals surface area contributed by atoms with Crippen molar-refractivity contribution in [3.63, 3.8) is 0 Å². The lowest BCUT2D eigenvalue weighted by Crippen LogP contribution is -2.29. The molecule has 3 N–H and O–H groups in total. The van der Waals surface area contributed by atoms with Crippen LogP contribution in [0.15, 0.2) is 18.2 Å². The van der Waals surface area contributed by atoms with E-state index in [1.54, 1.807) is 7.11 Å². The third-order valence-corrected chi connectivity index (χ3v) is 3.13. The molecule has 4 heteroatoms. The van der Waals surface area contributed by atoms with Crippen LogP contribution in [-0.4, -0.2) is 23.7 Å². The maximum Gasteiger partial charge on any atom is 0.146 e. The first-order chi connectivity index (χ1) is 7.79. The number of methoxy groups -OCH3 is 1. The third-order valence-electron chi connectivity index (χ3n) is 3.13. The maximum atomic E-state index is 9.82. The number of hydrogen-bond acceptors (Lipinski definition) is 3. The molecular weight excluding hydrogens is 204 g/mol. The average molecular weight is 218 g/mol. The van der Waals surface area contributed by atoms with Crippen LogP contribution in [-0.2, 0) is 6.42 Å². The number of aliphatic hydroxyl groups excluding tert-OH is 1. The zero-order valence-corrected chi connectivity index (χ0v) is 9.08. The zero-order valence-electron chi connectivity index (χ0n) is 9.08. The Morgan fingerprint density at radius 1 is 1.44 bits per heavy atom. The normalized spacial score (nSPS) is 19.8. The summed E-state index contributed by atoms with van der Waals surface area (Å²) in [5.74, 6) is 0.849. The van der Waals surface area contributed by atoms with E-state index in [0.717, 1.165) is 35.3 Å². The second-order valence-electron chi connectivity index (χ2n) is 4.04. The smallest absolute Gasteiger partial charge is 0.146 e. The Balaban J connectivity index is 2.25. The molecule has 1 unspecified atom stereocenters. The molecule has 2 aromatic rings. The van der Waals surface area contributed by atoms with Crippen LogP contribution in [0.25, 0.3) is 10.9 Å². The predicted octanol–water partition coefficient (Wildman–Crippen LogP) is 1.31. The molecule has 1 aliphatic rings. The number of hydrogen-bond donors (Lipinski definition) is 3. The first-order valence-electron chi connectivity index (χ1n) is 5.39. The number of rotatable bonds is 1. The van der Waals surface area contributed by atoms with Gasteiger partial charge in [-0.05, 0) is 30.2 Å². The van der Waals surface area contributed by atoms with Crippen LogP contribution in [0.3, 0.4) is 0 Å². The number of aliphatic hydroxyl groups is 1. The minimum atomic E-state index is -0.581. The van der Waals surface area contributed by atoms with Crippen molar-refractivity contribution >= 4 is 10.9 Å². The van der Waals surface area contributed by atoms with E-state index in [-0.39, 0.29) is 0 Å². The highest BCUT2D eigenvalue weighted by molar-refractivity contribution is 5.86. The fourth-order valence-electron chi connectivity index (χ4n) is 2.31. The summed E-state index contributed by atoms with van der Waals surface area (Å²) >= 11 is 0. The van der Waals surface area contributed by atoms with Gasteiger partial charge in [-0.3, -0.25) is 5.32 Å². The predicted molar refractivity (Wildman–Crippen MR) is 61.5 cm³/mol. The van der Waals surface area contributed by atoms with Crippen LogP contribution >= 0.6 is 0 Å². The number of H-pyrrole nitrogens is 1.